The van der Waals surface area contributed by atoms with E-state index < -0.39 is 6.10 Å². The number of rotatable bonds is 4. The minimum Gasteiger partial charge on any atom is -0.365 e. The number of carbonyl (C=O) groups is 2. The van der Waals surface area contributed by atoms with E-state index >= 15 is 0 Å². The molecule has 25 heavy (non-hydrogen) atoms. The highest BCUT2D eigenvalue weighted by atomic mass is 32.1. The molecule has 2 saturated heterocycles. The molecule has 2 aliphatic heterocycles. The number of aromatic nitrogens is 2. The van der Waals surface area contributed by atoms with Gasteiger partial charge in [-0.25, -0.2) is 0 Å². The van der Waals surface area contributed by atoms with Crippen molar-refractivity contribution in [3.8, 4) is 0 Å². The van der Waals surface area contributed by atoms with Gasteiger partial charge in [-0.1, -0.05) is 30.7 Å². The van der Waals surface area contributed by atoms with E-state index in [1.807, 2.05) is 4.90 Å². The van der Waals surface area contributed by atoms with Gasteiger partial charge < -0.3 is 14.5 Å². The largest absolute Gasteiger partial charge is 0.365 e. The van der Waals surface area contributed by atoms with Gasteiger partial charge in [0.2, 0.25) is 0 Å². The molecule has 138 valence electrons. The Morgan fingerprint density at radius 1 is 1.16 bits per heavy atom. The highest BCUT2D eigenvalue weighted by Crippen LogP contribution is 2.19. The van der Waals surface area contributed by atoms with E-state index in [1.165, 1.54) is 12.8 Å². The smallest absolute Gasteiger partial charge is 0.267 e. The third-order valence-corrected chi connectivity index (χ3v) is 5.54. The molecule has 1 atom stereocenters. The van der Waals surface area contributed by atoms with Gasteiger partial charge in [0.05, 0.1) is 18.8 Å². The summed E-state index contributed by atoms with van der Waals surface area (Å²) in [5, 5.41) is 4.07. The molecule has 0 bridgehead atoms. The highest BCUT2D eigenvalue weighted by molar-refractivity contribution is 7.08. The standard InChI is InChI=1S/C17H26N4O3S/c1-2-7-13-15(25-19-18-13)17(23)21-10-11-24-14(12-21)16(22)20-8-5-3-4-6-9-20/h14H,2-12H2,1H3/t14-/m0/s1. The van der Waals surface area contributed by atoms with E-state index in [4.69, 9.17) is 4.74 Å². The van der Waals surface area contributed by atoms with Crippen molar-refractivity contribution in [3.05, 3.63) is 10.6 Å². The van der Waals surface area contributed by atoms with Crippen LogP contribution in [0, 0.1) is 0 Å². The average Bonchev–Trinajstić information content (AvgIpc) is 2.93. The number of likely N-dealkylation sites (tertiary alicyclic amines) is 1. The second-order valence-corrected chi connectivity index (χ2v) is 7.40. The zero-order valence-corrected chi connectivity index (χ0v) is 15.6. The van der Waals surface area contributed by atoms with E-state index in [0.29, 0.717) is 24.6 Å². The molecule has 7 nitrogen and oxygen atoms in total. The molecule has 0 saturated carbocycles. The van der Waals surface area contributed by atoms with Gasteiger partial charge in [0.25, 0.3) is 11.8 Å². The van der Waals surface area contributed by atoms with Crippen molar-refractivity contribution < 1.29 is 14.3 Å². The summed E-state index contributed by atoms with van der Waals surface area (Å²) in [5.41, 5.74) is 0.763. The summed E-state index contributed by atoms with van der Waals surface area (Å²) < 4.78 is 9.63. The maximum absolute atomic E-state index is 12.8. The summed E-state index contributed by atoms with van der Waals surface area (Å²) in [6.07, 6.45) is 5.58. The predicted octanol–water partition coefficient (Wildman–Crippen LogP) is 1.73. The van der Waals surface area contributed by atoms with Crippen LogP contribution >= 0.6 is 11.5 Å². The number of morpholine rings is 1. The number of hydrogen-bond acceptors (Lipinski definition) is 6. The van der Waals surface area contributed by atoms with E-state index in [2.05, 4.69) is 16.5 Å². The van der Waals surface area contributed by atoms with Crippen molar-refractivity contribution >= 4 is 23.3 Å². The normalized spacial score (nSPS) is 21.9. The first-order valence-corrected chi connectivity index (χ1v) is 9.99. The molecule has 0 unspecified atom stereocenters. The highest BCUT2D eigenvalue weighted by Gasteiger charge is 2.33. The Morgan fingerprint density at radius 3 is 2.64 bits per heavy atom. The van der Waals surface area contributed by atoms with Crippen LogP contribution in [0.4, 0.5) is 0 Å². The van der Waals surface area contributed by atoms with Gasteiger partial charge in [-0.3, -0.25) is 9.59 Å². The second kappa shape index (κ2) is 8.71. The number of hydrogen-bond donors (Lipinski definition) is 0. The summed E-state index contributed by atoms with van der Waals surface area (Å²) in [6, 6.07) is 0. The van der Waals surface area contributed by atoms with Crippen LogP contribution < -0.4 is 0 Å². The Bertz CT molecular complexity index is 598. The lowest BCUT2D eigenvalue weighted by Crippen LogP contribution is -2.52. The molecule has 0 radical (unpaired) electrons. The summed E-state index contributed by atoms with van der Waals surface area (Å²) >= 11 is 1.14. The third kappa shape index (κ3) is 4.36. The Hall–Kier alpha value is -1.54. The first kappa shape index (κ1) is 18.3. The maximum atomic E-state index is 12.8. The Kier molecular flexibility index (Phi) is 6.36. The zero-order valence-electron chi connectivity index (χ0n) is 14.8. The molecular weight excluding hydrogens is 340 g/mol. The fourth-order valence-electron chi connectivity index (χ4n) is 3.39. The van der Waals surface area contributed by atoms with Crippen LogP contribution in [0.5, 0.6) is 0 Å². The fraction of sp³-hybridized carbons (Fsp3) is 0.765. The number of ether oxygens (including phenoxy) is 1. The molecule has 2 fully saturated rings. The molecule has 2 amide bonds. The number of carbonyl (C=O) groups excluding carboxylic acids is 2. The summed E-state index contributed by atoms with van der Waals surface area (Å²) in [7, 11) is 0. The molecule has 8 heteroatoms. The van der Waals surface area contributed by atoms with E-state index in [0.717, 1.165) is 56.0 Å². The topological polar surface area (TPSA) is 75.6 Å². The van der Waals surface area contributed by atoms with Crippen LogP contribution in [0.1, 0.15) is 54.4 Å². The van der Waals surface area contributed by atoms with Crippen LogP contribution in [-0.2, 0) is 16.0 Å². The fourth-order valence-corrected chi connectivity index (χ4v) is 4.07. The molecule has 0 N–H and O–H groups in total. The predicted molar refractivity (Wildman–Crippen MR) is 94.6 cm³/mol. The van der Waals surface area contributed by atoms with Crippen LogP contribution in [0.15, 0.2) is 0 Å². The molecule has 0 spiro atoms. The molecule has 0 aliphatic carbocycles. The number of nitrogens with zero attached hydrogens (tertiary/aromatic N) is 4. The van der Waals surface area contributed by atoms with Crippen molar-refractivity contribution in [2.24, 2.45) is 0 Å². The lowest BCUT2D eigenvalue weighted by molar-refractivity contribution is -0.148. The monoisotopic (exact) mass is 366 g/mol. The van der Waals surface area contributed by atoms with E-state index in [1.54, 1.807) is 4.90 Å². The van der Waals surface area contributed by atoms with E-state index in [-0.39, 0.29) is 11.8 Å². The van der Waals surface area contributed by atoms with Gasteiger partial charge in [0, 0.05) is 19.6 Å². The first-order valence-electron chi connectivity index (χ1n) is 9.21. The Morgan fingerprint density at radius 2 is 1.92 bits per heavy atom. The SMILES string of the molecule is CCCc1nnsc1C(=O)N1CCO[C@H](C(=O)N2CCCCCC2)C1. The Balaban J connectivity index is 1.64. The molecule has 3 heterocycles. The Labute approximate surface area is 152 Å². The van der Waals surface area contributed by atoms with Crippen LogP contribution in [0.25, 0.3) is 0 Å². The third-order valence-electron chi connectivity index (χ3n) is 4.78. The molecule has 1 aromatic heterocycles. The molecule has 2 aliphatic rings. The zero-order chi connectivity index (χ0) is 17.6. The second-order valence-electron chi connectivity index (χ2n) is 6.65. The van der Waals surface area contributed by atoms with Gasteiger partial charge >= 0.3 is 0 Å². The van der Waals surface area contributed by atoms with Crippen molar-refractivity contribution in [3.63, 3.8) is 0 Å². The lowest BCUT2D eigenvalue weighted by Gasteiger charge is -2.34. The van der Waals surface area contributed by atoms with Crippen molar-refractivity contribution in [2.45, 2.75) is 51.6 Å². The van der Waals surface area contributed by atoms with Gasteiger partial charge in [0.1, 0.15) is 4.88 Å². The lowest BCUT2D eigenvalue weighted by atomic mass is 10.2. The summed E-state index contributed by atoms with van der Waals surface area (Å²) in [5.74, 6) is -0.0500. The minimum atomic E-state index is -0.550. The minimum absolute atomic E-state index is 0.0237. The maximum Gasteiger partial charge on any atom is 0.267 e. The van der Waals surface area contributed by atoms with Gasteiger partial charge in [-0.2, -0.15) is 0 Å². The average molecular weight is 366 g/mol. The number of aryl methyl sites for hydroxylation is 1. The van der Waals surface area contributed by atoms with Crippen LogP contribution in [0.3, 0.4) is 0 Å². The van der Waals surface area contributed by atoms with Gasteiger partial charge in [-0.15, -0.1) is 5.10 Å². The summed E-state index contributed by atoms with van der Waals surface area (Å²) in [6.45, 7) is 4.87. The molecular formula is C17H26N4O3S. The summed E-state index contributed by atoms with van der Waals surface area (Å²) in [4.78, 5) is 29.8. The first-order chi connectivity index (χ1) is 12.2. The van der Waals surface area contributed by atoms with E-state index in [9.17, 15) is 9.59 Å². The van der Waals surface area contributed by atoms with Gasteiger partial charge in [0.15, 0.2) is 6.10 Å². The van der Waals surface area contributed by atoms with Gasteiger partial charge in [-0.05, 0) is 30.8 Å². The molecule has 1 aromatic rings. The number of amides is 2. The van der Waals surface area contributed by atoms with Crippen molar-refractivity contribution in [2.75, 3.05) is 32.8 Å². The van der Waals surface area contributed by atoms with Crippen molar-refractivity contribution in [1.82, 2.24) is 19.4 Å². The van der Waals surface area contributed by atoms with Crippen LogP contribution in [0.2, 0.25) is 0 Å². The molecule has 3 rings (SSSR count). The quantitative estimate of drug-likeness (QED) is 0.811. The molecule has 0 aromatic carbocycles. The van der Waals surface area contributed by atoms with Crippen molar-refractivity contribution in [1.29, 1.82) is 0 Å². The van der Waals surface area contributed by atoms with Crippen LogP contribution in [-0.4, -0.2) is 70.1 Å².